The van der Waals surface area contributed by atoms with Gasteiger partial charge < -0.3 is 0 Å². The predicted molar refractivity (Wildman–Crippen MR) is 45.6 cm³/mol. The van der Waals surface area contributed by atoms with E-state index in [1.807, 2.05) is 0 Å². The highest BCUT2D eigenvalue weighted by molar-refractivity contribution is 6.88. The third kappa shape index (κ3) is 9.41. The normalized spacial score (nSPS) is 8.89. The smallest absolute Gasteiger partial charge is 0.273 e. The van der Waals surface area contributed by atoms with Crippen LogP contribution in [0.25, 0.3) is 0 Å². The van der Waals surface area contributed by atoms with Crippen LogP contribution in [0.1, 0.15) is 0 Å². The van der Waals surface area contributed by atoms with Crippen molar-refractivity contribution in [2.75, 3.05) is 0 Å². The Labute approximate surface area is 84.8 Å². The van der Waals surface area contributed by atoms with E-state index in [-0.39, 0.29) is 24.8 Å². The van der Waals surface area contributed by atoms with E-state index < -0.39 is 9.03 Å². The average Bonchev–Trinajstić information content (AvgIpc) is 1.31. The molecule has 9 heavy (non-hydrogen) atoms. The van der Waals surface area contributed by atoms with E-state index in [0.717, 1.165) is 0 Å². The molecule has 7 heteroatoms. The first kappa shape index (κ1) is 16.8. The topological polar surface area (TPSA) is 17.1 Å². The van der Waals surface area contributed by atoms with Crippen LogP contribution in [0.3, 0.4) is 0 Å². The Morgan fingerprint density at radius 2 is 1.22 bits per heavy atom. The zero-order valence-corrected chi connectivity index (χ0v) is 8.39. The second-order valence-electron chi connectivity index (χ2n) is 0.771. The van der Waals surface area contributed by atoms with Crippen molar-refractivity contribution < 1.29 is 4.79 Å². The van der Waals surface area contributed by atoms with Crippen LogP contribution in [0, 0.1) is 0 Å². The maximum absolute atomic E-state index is 9.83. The number of hydrogen-bond acceptors (Lipinski definition) is 1. The predicted octanol–water partition coefficient (Wildman–Crippen LogP) is 2.97. The van der Waals surface area contributed by atoms with Crippen molar-refractivity contribution in [2.45, 2.75) is 3.79 Å². The molecule has 0 amide bonds. The van der Waals surface area contributed by atoms with Crippen molar-refractivity contribution >= 4 is 76.5 Å². The largest absolute Gasteiger partial charge is 0.276 e. The van der Waals surface area contributed by atoms with E-state index in [9.17, 15) is 4.79 Å². The molecule has 0 spiro atoms. The van der Waals surface area contributed by atoms with Crippen LogP contribution in [0.5, 0.6) is 0 Å². The van der Waals surface area contributed by atoms with Gasteiger partial charge in [0.25, 0.3) is 9.03 Å². The van der Waals surface area contributed by atoms with Crippen LogP contribution in [-0.2, 0) is 4.79 Å². The van der Waals surface area contributed by atoms with Crippen LogP contribution in [0.15, 0.2) is 0 Å². The van der Waals surface area contributed by atoms with Crippen LogP contribution in [0.2, 0.25) is 0 Å². The van der Waals surface area contributed by atoms with Gasteiger partial charge in [0.05, 0.1) is 0 Å². The molecule has 0 atom stereocenters. The molecule has 0 aliphatic rings. The molecule has 0 rings (SSSR count). The molecule has 0 fully saturated rings. The summed E-state index contributed by atoms with van der Waals surface area (Å²) in [6.45, 7) is 0. The number of halogens is 6. The SMILES string of the molecule is Cl.Cl.O=C(Cl)C(Cl)(Cl)Cl. The number of alkyl halides is 3. The molecule has 58 valence electrons. The van der Waals surface area contributed by atoms with E-state index in [2.05, 4.69) is 0 Å². The van der Waals surface area contributed by atoms with Gasteiger partial charge in [0.15, 0.2) is 0 Å². The van der Waals surface area contributed by atoms with Gasteiger partial charge in [-0.3, -0.25) is 4.79 Å². The third-order valence-corrected chi connectivity index (χ3v) is 1.31. The van der Waals surface area contributed by atoms with E-state index in [1.165, 1.54) is 0 Å². The molecule has 0 aromatic rings. The highest BCUT2D eigenvalue weighted by Crippen LogP contribution is 2.28. The van der Waals surface area contributed by atoms with Gasteiger partial charge in [-0.15, -0.1) is 24.8 Å². The number of hydrogen-bond donors (Lipinski definition) is 0. The van der Waals surface area contributed by atoms with Gasteiger partial charge in [-0.1, -0.05) is 34.8 Å². The van der Waals surface area contributed by atoms with E-state index in [0.29, 0.717) is 0 Å². The minimum absolute atomic E-state index is 0. The molecule has 0 aromatic carbocycles. The zero-order valence-electron chi connectivity index (χ0n) is 3.74. The molecule has 0 aliphatic carbocycles. The molecule has 0 radical (unpaired) electrons. The second-order valence-corrected chi connectivity index (χ2v) is 3.40. The lowest BCUT2D eigenvalue weighted by molar-refractivity contribution is -0.110. The van der Waals surface area contributed by atoms with Gasteiger partial charge >= 0.3 is 0 Å². The molecule has 1 nitrogen and oxygen atoms in total. The Balaban J connectivity index is -0.000000180. The lowest BCUT2D eigenvalue weighted by Gasteiger charge is -1.99. The lowest BCUT2D eigenvalue weighted by Crippen LogP contribution is -2.10. The second kappa shape index (κ2) is 6.14. The summed E-state index contributed by atoms with van der Waals surface area (Å²) >= 11 is 19.5. The monoisotopic (exact) mass is 252 g/mol. The summed E-state index contributed by atoms with van der Waals surface area (Å²) in [6.07, 6.45) is 0. The maximum atomic E-state index is 9.83. The molecular formula is C2H2Cl6O. The van der Waals surface area contributed by atoms with Gasteiger partial charge in [-0.05, 0) is 11.6 Å². The highest BCUT2D eigenvalue weighted by Gasteiger charge is 2.27. The summed E-state index contributed by atoms with van der Waals surface area (Å²) < 4.78 is -1.96. The highest BCUT2D eigenvalue weighted by atomic mass is 35.6. The molecular weight excluding hydrogens is 253 g/mol. The summed E-state index contributed by atoms with van der Waals surface area (Å²) in [4.78, 5) is 9.83. The van der Waals surface area contributed by atoms with Crippen LogP contribution in [-0.4, -0.2) is 9.03 Å². The van der Waals surface area contributed by atoms with Crippen LogP contribution in [0.4, 0.5) is 0 Å². The van der Waals surface area contributed by atoms with Gasteiger partial charge in [-0.2, -0.15) is 0 Å². The Kier molecular flexibility index (Phi) is 11.5. The van der Waals surface area contributed by atoms with Crippen molar-refractivity contribution in [1.82, 2.24) is 0 Å². The standard InChI is InChI=1S/C2Cl4O.2ClH/c3-1(7)2(4,5)6;;/h;2*1H. The maximum Gasteiger partial charge on any atom is 0.273 e. The molecule has 0 aromatic heterocycles. The Hall–Kier alpha value is 1.41. The van der Waals surface area contributed by atoms with E-state index in [1.54, 1.807) is 0 Å². The van der Waals surface area contributed by atoms with Gasteiger partial charge in [0.2, 0.25) is 0 Å². The van der Waals surface area contributed by atoms with Crippen molar-refractivity contribution in [3.8, 4) is 0 Å². The first-order chi connectivity index (χ1) is 2.94. The third-order valence-electron chi connectivity index (χ3n) is 0.223. The van der Waals surface area contributed by atoms with Crippen molar-refractivity contribution in [3.63, 3.8) is 0 Å². The lowest BCUT2D eigenvalue weighted by atomic mass is 10.9. The Morgan fingerprint density at radius 1 is 1.11 bits per heavy atom. The summed E-state index contributed by atoms with van der Waals surface area (Å²) in [5.41, 5.74) is 0. The zero-order chi connectivity index (χ0) is 6.08. The van der Waals surface area contributed by atoms with Gasteiger partial charge in [-0.25, -0.2) is 0 Å². The van der Waals surface area contributed by atoms with E-state index in [4.69, 9.17) is 46.4 Å². The summed E-state index contributed by atoms with van der Waals surface area (Å²) in [7, 11) is 0. The van der Waals surface area contributed by atoms with E-state index >= 15 is 0 Å². The molecule has 0 heterocycles. The van der Waals surface area contributed by atoms with Crippen molar-refractivity contribution in [3.05, 3.63) is 0 Å². The van der Waals surface area contributed by atoms with Crippen molar-refractivity contribution in [1.29, 1.82) is 0 Å². The minimum atomic E-state index is -1.96. The van der Waals surface area contributed by atoms with Gasteiger partial charge in [0.1, 0.15) is 0 Å². The average molecular weight is 255 g/mol. The first-order valence-corrected chi connectivity index (χ1v) is 2.72. The summed E-state index contributed by atoms with van der Waals surface area (Å²) in [5, 5.41) is -0.988. The Bertz CT molecular complexity index is 83.5. The number of carbonyl (C=O) groups excluding carboxylic acids is 1. The van der Waals surface area contributed by atoms with Crippen LogP contribution >= 0.6 is 71.2 Å². The number of rotatable bonds is 0. The van der Waals surface area contributed by atoms with Gasteiger partial charge in [0, 0.05) is 0 Å². The number of carbonyl (C=O) groups is 1. The molecule has 0 saturated carbocycles. The quantitative estimate of drug-likeness (QED) is 0.480. The first-order valence-electron chi connectivity index (χ1n) is 1.21. The summed E-state index contributed by atoms with van der Waals surface area (Å²) in [6, 6.07) is 0. The molecule has 0 N–H and O–H groups in total. The molecule has 0 saturated heterocycles. The fraction of sp³-hybridized carbons (Fsp3) is 0.500. The fourth-order valence-electron chi connectivity index (χ4n) is 0. The fourth-order valence-corrected chi connectivity index (χ4v) is 0. The minimum Gasteiger partial charge on any atom is -0.276 e. The molecule has 0 bridgehead atoms. The van der Waals surface area contributed by atoms with Crippen LogP contribution < -0.4 is 0 Å². The van der Waals surface area contributed by atoms with Crippen molar-refractivity contribution in [2.24, 2.45) is 0 Å². The summed E-state index contributed by atoms with van der Waals surface area (Å²) in [5.74, 6) is 0. The Morgan fingerprint density at radius 3 is 1.22 bits per heavy atom. The molecule has 0 aliphatic heterocycles. The molecule has 0 unspecified atom stereocenters.